The molecule has 0 saturated carbocycles. The molecule has 0 fully saturated rings. The fraction of sp³-hybridized carbons (Fsp3) is 0.647. The summed E-state index contributed by atoms with van der Waals surface area (Å²) in [5, 5.41) is 7.77. The molecule has 26 heavy (non-hydrogen) atoms. The van der Waals surface area contributed by atoms with E-state index in [9.17, 15) is 8.78 Å². The molecular weight excluding hydrogens is 344 g/mol. The Kier molecular flexibility index (Phi) is 7.28. The zero-order chi connectivity index (χ0) is 20.1. The van der Waals surface area contributed by atoms with Gasteiger partial charge in [0.05, 0.1) is 35.7 Å². The lowest BCUT2D eigenvalue weighted by atomic mass is 10.0. The lowest BCUT2D eigenvalue weighted by Crippen LogP contribution is -2.30. The Balaban J connectivity index is 2.65. The minimum absolute atomic E-state index is 0.165. The van der Waals surface area contributed by atoms with Gasteiger partial charge in [0, 0.05) is 7.11 Å². The van der Waals surface area contributed by atoms with Crippen molar-refractivity contribution in [1.29, 1.82) is 0 Å². The lowest BCUT2D eigenvalue weighted by Gasteiger charge is -2.28. The van der Waals surface area contributed by atoms with Crippen molar-refractivity contribution in [3.63, 3.8) is 0 Å². The third-order valence-electron chi connectivity index (χ3n) is 4.20. The Bertz CT molecular complexity index is 634. The molecule has 0 aliphatic rings. The van der Waals surface area contributed by atoms with Gasteiger partial charge in [-0.15, -0.1) is 0 Å². The Labute approximate surface area is 152 Å². The van der Waals surface area contributed by atoms with Crippen LogP contribution in [0.2, 0.25) is 0 Å². The number of hydrogen-bond acceptors (Lipinski definition) is 7. The number of nitrogen functional groups attached to an aromatic ring is 3. The summed E-state index contributed by atoms with van der Waals surface area (Å²) >= 11 is 0. The van der Waals surface area contributed by atoms with Crippen molar-refractivity contribution in [3.05, 3.63) is 11.6 Å². The smallest absolute Gasteiger partial charge is 0.186 e. The van der Waals surface area contributed by atoms with E-state index < -0.39 is 28.6 Å². The molecule has 0 spiro atoms. The molecule has 0 saturated heterocycles. The molecule has 7 nitrogen and oxygen atoms in total. The van der Waals surface area contributed by atoms with Crippen molar-refractivity contribution < 1.29 is 18.3 Å². The number of nitrogens with two attached hydrogens (primary N) is 3. The van der Waals surface area contributed by atoms with Gasteiger partial charge in [0.25, 0.3) is 0 Å². The highest BCUT2D eigenvalue weighted by Gasteiger charge is 2.22. The maximum absolute atomic E-state index is 13.6. The van der Waals surface area contributed by atoms with E-state index in [1.54, 1.807) is 7.11 Å². The molecule has 0 heterocycles. The number of nitrogens with zero attached hydrogens (tertiary/aromatic N) is 2. The van der Waals surface area contributed by atoms with Gasteiger partial charge in [-0.05, 0) is 40.5 Å². The van der Waals surface area contributed by atoms with Crippen LogP contribution in [-0.2, 0) is 9.47 Å². The first-order chi connectivity index (χ1) is 11.9. The van der Waals surface area contributed by atoms with Gasteiger partial charge >= 0.3 is 0 Å². The normalized spacial score (nSPS) is 12.9. The SMILES string of the molecule is COC(C)(C)CCOC(C)(C)CCN=Nc1c(N)c(N)c(F)c(F)c1N. The topological polar surface area (TPSA) is 121 Å². The Morgan fingerprint density at radius 3 is 2.04 bits per heavy atom. The summed E-state index contributed by atoms with van der Waals surface area (Å²) in [7, 11) is 1.66. The van der Waals surface area contributed by atoms with Crippen LogP contribution in [0.5, 0.6) is 0 Å². The summed E-state index contributed by atoms with van der Waals surface area (Å²) in [4.78, 5) is 0. The van der Waals surface area contributed by atoms with Crippen molar-refractivity contribution in [2.45, 2.75) is 51.7 Å². The number of azo groups is 1. The third kappa shape index (κ3) is 5.77. The molecular formula is C17H29F2N5O2. The first-order valence-corrected chi connectivity index (χ1v) is 8.30. The predicted octanol–water partition coefficient (Wildman–Crippen LogP) is 3.80. The third-order valence-corrected chi connectivity index (χ3v) is 4.20. The first kappa shape index (κ1) is 22.0. The van der Waals surface area contributed by atoms with Crippen LogP contribution in [0.4, 0.5) is 31.5 Å². The second kappa shape index (κ2) is 8.59. The van der Waals surface area contributed by atoms with Crippen LogP contribution in [0, 0.1) is 11.6 Å². The van der Waals surface area contributed by atoms with Crippen LogP contribution >= 0.6 is 0 Å². The number of rotatable bonds is 9. The van der Waals surface area contributed by atoms with Crippen LogP contribution in [0.25, 0.3) is 0 Å². The van der Waals surface area contributed by atoms with Crippen molar-refractivity contribution >= 4 is 22.7 Å². The highest BCUT2D eigenvalue weighted by molar-refractivity contribution is 5.86. The van der Waals surface area contributed by atoms with Gasteiger partial charge in [-0.2, -0.15) is 10.2 Å². The molecule has 6 N–H and O–H groups in total. The number of hydrogen-bond donors (Lipinski definition) is 3. The summed E-state index contributed by atoms with van der Waals surface area (Å²) in [5.74, 6) is -2.57. The summed E-state index contributed by atoms with van der Waals surface area (Å²) in [6.07, 6.45) is 1.30. The number of methoxy groups -OCH3 is 1. The van der Waals surface area contributed by atoms with Gasteiger partial charge < -0.3 is 26.7 Å². The second-order valence-corrected chi connectivity index (χ2v) is 7.25. The van der Waals surface area contributed by atoms with Crippen LogP contribution in [-0.4, -0.2) is 31.5 Å². The number of anilines is 3. The van der Waals surface area contributed by atoms with E-state index in [1.807, 2.05) is 27.7 Å². The van der Waals surface area contributed by atoms with Crippen LogP contribution < -0.4 is 17.2 Å². The van der Waals surface area contributed by atoms with E-state index in [0.29, 0.717) is 19.6 Å². The maximum atomic E-state index is 13.6. The molecule has 1 aromatic rings. The minimum atomic E-state index is -1.28. The van der Waals surface area contributed by atoms with Crippen molar-refractivity contribution in [3.8, 4) is 0 Å². The van der Waals surface area contributed by atoms with Gasteiger partial charge in [0.1, 0.15) is 11.4 Å². The Hall–Kier alpha value is -2.00. The summed E-state index contributed by atoms with van der Waals surface area (Å²) in [5.41, 5.74) is 14.4. The monoisotopic (exact) mass is 373 g/mol. The molecule has 1 rings (SSSR count). The molecule has 0 aliphatic carbocycles. The molecule has 0 atom stereocenters. The van der Waals surface area contributed by atoms with Gasteiger partial charge in [0.2, 0.25) is 0 Å². The van der Waals surface area contributed by atoms with Gasteiger partial charge in [0.15, 0.2) is 11.6 Å². The first-order valence-electron chi connectivity index (χ1n) is 8.30. The van der Waals surface area contributed by atoms with E-state index in [0.717, 1.165) is 6.42 Å². The molecule has 148 valence electrons. The summed E-state index contributed by atoms with van der Waals surface area (Å²) in [6.45, 7) is 8.66. The minimum Gasteiger partial charge on any atom is -0.395 e. The van der Waals surface area contributed by atoms with E-state index in [4.69, 9.17) is 26.7 Å². The van der Waals surface area contributed by atoms with E-state index in [-0.39, 0.29) is 17.0 Å². The molecule has 0 aromatic heterocycles. The van der Waals surface area contributed by atoms with Crippen molar-refractivity contribution in [2.24, 2.45) is 10.2 Å². The molecule has 0 radical (unpaired) electrons. The fourth-order valence-corrected chi connectivity index (χ4v) is 2.03. The van der Waals surface area contributed by atoms with Gasteiger partial charge in [-0.1, -0.05) is 0 Å². The lowest BCUT2D eigenvalue weighted by molar-refractivity contribution is -0.0600. The largest absolute Gasteiger partial charge is 0.395 e. The summed E-state index contributed by atoms with van der Waals surface area (Å²) in [6, 6.07) is 0. The van der Waals surface area contributed by atoms with Crippen LogP contribution in [0.15, 0.2) is 10.2 Å². The number of ether oxygens (including phenoxy) is 2. The fourth-order valence-electron chi connectivity index (χ4n) is 2.03. The second-order valence-electron chi connectivity index (χ2n) is 7.25. The van der Waals surface area contributed by atoms with Crippen molar-refractivity contribution in [2.75, 3.05) is 37.5 Å². The molecule has 0 aliphatic heterocycles. The van der Waals surface area contributed by atoms with E-state index in [1.165, 1.54) is 0 Å². The van der Waals surface area contributed by atoms with Gasteiger partial charge in [-0.25, -0.2) is 8.78 Å². The van der Waals surface area contributed by atoms with E-state index in [2.05, 4.69) is 10.2 Å². The predicted molar refractivity (Wildman–Crippen MR) is 99.3 cm³/mol. The van der Waals surface area contributed by atoms with Crippen molar-refractivity contribution in [1.82, 2.24) is 0 Å². The Morgan fingerprint density at radius 2 is 1.46 bits per heavy atom. The van der Waals surface area contributed by atoms with Crippen LogP contribution in [0.3, 0.4) is 0 Å². The molecule has 0 unspecified atom stereocenters. The highest BCUT2D eigenvalue weighted by atomic mass is 19.2. The molecule has 0 amide bonds. The highest BCUT2D eigenvalue weighted by Crippen LogP contribution is 2.38. The molecule has 0 bridgehead atoms. The van der Waals surface area contributed by atoms with E-state index >= 15 is 0 Å². The molecule has 1 aromatic carbocycles. The average Bonchev–Trinajstić information content (AvgIpc) is 2.57. The van der Waals surface area contributed by atoms with Crippen LogP contribution in [0.1, 0.15) is 40.5 Å². The quantitative estimate of drug-likeness (QED) is 0.449. The molecule has 9 heteroatoms. The zero-order valence-corrected chi connectivity index (χ0v) is 16.0. The summed E-state index contributed by atoms with van der Waals surface area (Å²) < 4.78 is 38.3. The number of benzene rings is 1. The number of halogens is 2. The standard InChI is InChI=1S/C17H29F2N5O2/c1-16(2,25-5)7-9-26-17(3,4)6-8-23-24-15-13(21)11(19)10(18)12(20)14(15)22/h6-9,20-22H2,1-5H3. The average molecular weight is 373 g/mol. The zero-order valence-electron chi connectivity index (χ0n) is 16.0. The van der Waals surface area contributed by atoms with Gasteiger partial charge in [-0.3, -0.25) is 0 Å². The maximum Gasteiger partial charge on any atom is 0.186 e. The Morgan fingerprint density at radius 1 is 0.885 bits per heavy atom.